The number of nitrogens with one attached hydrogen (secondary N) is 1. The van der Waals surface area contributed by atoms with E-state index in [4.69, 9.17) is 9.47 Å². The number of amides is 1. The molecule has 1 fully saturated rings. The monoisotopic (exact) mass is 262 g/mol. The van der Waals surface area contributed by atoms with Crippen LogP contribution in [0.1, 0.15) is 23.2 Å². The van der Waals surface area contributed by atoms with Gasteiger partial charge in [-0.25, -0.2) is 0 Å². The number of carbonyl (C=O) groups is 1. The Kier molecular flexibility index (Phi) is 3.29. The largest absolute Gasteiger partial charge is 0.454 e. The van der Waals surface area contributed by atoms with Crippen LogP contribution in [-0.4, -0.2) is 43.8 Å². The first-order valence-corrected chi connectivity index (χ1v) is 6.62. The van der Waals surface area contributed by atoms with E-state index in [1.807, 2.05) is 7.05 Å². The van der Waals surface area contributed by atoms with Gasteiger partial charge in [0.1, 0.15) is 0 Å². The molecule has 0 saturated carbocycles. The fraction of sp³-hybridized carbons (Fsp3) is 0.500. The Hall–Kier alpha value is -1.75. The van der Waals surface area contributed by atoms with E-state index in [0.717, 1.165) is 19.5 Å². The Morgan fingerprint density at radius 2 is 2.26 bits per heavy atom. The second kappa shape index (κ2) is 5.09. The Bertz CT molecular complexity index is 484. The third kappa shape index (κ3) is 2.51. The summed E-state index contributed by atoms with van der Waals surface area (Å²) < 4.78 is 10.5. The van der Waals surface area contributed by atoms with Gasteiger partial charge in [-0.2, -0.15) is 0 Å². The van der Waals surface area contributed by atoms with Crippen LogP contribution in [0.2, 0.25) is 0 Å². The summed E-state index contributed by atoms with van der Waals surface area (Å²) in [7, 11) is 1.84. The van der Waals surface area contributed by atoms with Gasteiger partial charge in [0.25, 0.3) is 5.91 Å². The maximum absolute atomic E-state index is 12.3. The number of hydrogen-bond donors (Lipinski definition) is 1. The molecule has 1 saturated heterocycles. The van der Waals surface area contributed by atoms with Crippen molar-refractivity contribution in [2.45, 2.75) is 18.9 Å². The van der Waals surface area contributed by atoms with Crippen molar-refractivity contribution in [3.8, 4) is 11.5 Å². The van der Waals surface area contributed by atoms with Gasteiger partial charge in [-0.15, -0.1) is 0 Å². The molecule has 3 rings (SSSR count). The molecule has 0 radical (unpaired) electrons. The molecule has 102 valence electrons. The van der Waals surface area contributed by atoms with Crippen LogP contribution in [-0.2, 0) is 0 Å². The van der Waals surface area contributed by atoms with Gasteiger partial charge in [-0.3, -0.25) is 4.79 Å². The second-order valence-electron chi connectivity index (χ2n) is 5.05. The molecule has 1 aromatic rings. The van der Waals surface area contributed by atoms with Gasteiger partial charge in [0.2, 0.25) is 6.79 Å². The number of benzene rings is 1. The van der Waals surface area contributed by atoms with Crippen molar-refractivity contribution in [1.29, 1.82) is 0 Å². The maximum atomic E-state index is 12.3. The summed E-state index contributed by atoms with van der Waals surface area (Å²) in [4.78, 5) is 14.1. The van der Waals surface area contributed by atoms with E-state index in [9.17, 15) is 4.79 Å². The number of fused-ring (bicyclic) bond motifs is 1. The van der Waals surface area contributed by atoms with Crippen LogP contribution < -0.4 is 14.8 Å². The van der Waals surface area contributed by atoms with E-state index in [0.29, 0.717) is 23.1 Å². The van der Waals surface area contributed by atoms with Crippen LogP contribution in [0.25, 0.3) is 0 Å². The van der Waals surface area contributed by atoms with Gasteiger partial charge < -0.3 is 19.7 Å². The first-order chi connectivity index (χ1) is 9.24. The lowest BCUT2D eigenvalue weighted by atomic mass is 10.1. The number of hydrogen-bond acceptors (Lipinski definition) is 4. The topological polar surface area (TPSA) is 50.8 Å². The van der Waals surface area contributed by atoms with Gasteiger partial charge in [-0.05, 0) is 37.6 Å². The van der Waals surface area contributed by atoms with Crippen molar-refractivity contribution in [3.05, 3.63) is 23.8 Å². The highest BCUT2D eigenvalue weighted by Gasteiger charge is 2.21. The molecule has 0 aliphatic carbocycles. The smallest absolute Gasteiger partial charge is 0.253 e. The lowest BCUT2D eigenvalue weighted by Gasteiger charge is -2.21. The van der Waals surface area contributed by atoms with E-state index in [1.165, 1.54) is 6.42 Å². The average molecular weight is 262 g/mol. The number of rotatable bonds is 3. The van der Waals surface area contributed by atoms with Crippen LogP contribution in [0.4, 0.5) is 0 Å². The molecule has 2 heterocycles. The van der Waals surface area contributed by atoms with Crippen molar-refractivity contribution >= 4 is 5.91 Å². The molecule has 5 nitrogen and oxygen atoms in total. The molecular formula is C14H18N2O3. The minimum absolute atomic E-state index is 0.0204. The third-order valence-corrected chi connectivity index (χ3v) is 3.62. The highest BCUT2D eigenvalue weighted by molar-refractivity contribution is 5.94. The molecule has 5 heteroatoms. The van der Waals surface area contributed by atoms with Gasteiger partial charge >= 0.3 is 0 Å². The third-order valence-electron chi connectivity index (χ3n) is 3.62. The van der Waals surface area contributed by atoms with E-state index in [2.05, 4.69) is 5.32 Å². The van der Waals surface area contributed by atoms with Crippen LogP contribution in [0.5, 0.6) is 11.5 Å². The molecule has 1 atom stereocenters. The Balaban J connectivity index is 1.68. The maximum Gasteiger partial charge on any atom is 0.253 e. The minimum Gasteiger partial charge on any atom is -0.454 e. The van der Waals surface area contributed by atoms with Crippen molar-refractivity contribution in [2.75, 3.05) is 26.9 Å². The predicted octanol–water partition coefficient (Wildman–Crippen LogP) is 1.24. The Morgan fingerprint density at radius 3 is 3.05 bits per heavy atom. The first-order valence-electron chi connectivity index (χ1n) is 6.62. The van der Waals surface area contributed by atoms with E-state index in [-0.39, 0.29) is 12.7 Å². The molecule has 1 N–H and O–H groups in total. The molecule has 0 bridgehead atoms. The zero-order chi connectivity index (χ0) is 13.2. The van der Waals surface area contributed by atoms with Crippen molar-refractivity contribution < 1.29 is 14.3 Å². The number of likely N-dealkylation sites (N-methyl/N-ethyl adjacent to an activating group) is 1. The summed E-state index contributed by atoms with van der Waals surface area (Å²) in [5, 5.41) is 3.40. The average Bonchev–Trinajstić information content (AvgIpc) is 3.07. The molecule has 1 unspecified atom stereocenters. The molecule has 19 heavy (non-hydrogen) atoms. The highest BCUT2D eigenvalue weighted by Crippen LogP contribution is 2.32. The molecule has 0 spiro atoms. The molecule has 1 amide bonds. The zero-order valence-corrected chi connectivity index (χ0v) is 11.0. The summed E-state index contributed by atoms with van der Waals surface area (Å²) in [6.07, 6.45) is 2.33. The van der Waals surface area contributed by atoms with Crippen LogP contribution in [0.15, 0.2) is 18.2 Å². The lowest BCUT2D eigenvalue weighted by Crippen LogP contribution is -2.38. The summed E-state index contributed by atoms with van der Waals surface area (Å²) in [6, 6.07) is 5.75. The van der Waals surface area contributed by atoms with Crippen molar-refractivity contribution in [1.82, 2.24) is 10.2 Å². The van der Waals surface area contributed by atoms with Crippen LogP contribution in [0, 0.1) is 0 Å². The molecule has 2 aliphatic rings. The SMILES string of the molecule is CN(CC1CCCN1)C(=O)c1ccc2c(c1)OCO2. The van der Waals surface area contributed by atoms with Crippen molar-refractivity contribution in [2.24, 2.45) is 0 Å². The summed E-state index contributed by atoms with van der Waals surface area (Å²) in [6.45, 7) is 2.03. The van der Waals surface area contributed by atoms with Crippen molar-refractivity contribution in [3.63, 3.8) is 0 Å². The van der Waals surface area contributed by atoms with E-state index >= 15 is 0 Å². The number of nitrogens with zero attached hydrogens (tertiary/aromatic N) is 1. The lowest BCUT2D eigenvalue weighted by molar-refractivity contribution is 0.0783. The van der Waals surface area contributed by atoms with Crippen LogP contribution in [0.3, 0.4) is 0 Å². The summed E-state index contributed by atoms with van der Waals surface area (Å²) >= 11 is 0. The van der Waals surface area contributed by atoms with Gasteiger partial charge in [-0.1, -0.05) is 0 Å². The predicted molar refractivity (Wildman–Crippen MR) is 70.6 cm³/mol. The zero-order valence-electron chi connectivity index (χ0n) is 11.0. The van der Waals surface area contributed by atoms with E-state index < -0.39 is 0 Å². The van der Waals surface area contributed by atoms with E-state index in [1.54, 1.807) is 23.1 Å². The molecule has 2 aliphatic heterocycles. The fourth-order valence-electron chi connectivity index (χ4n) is 2.58. The quantitative estimate of drug-likeness (QED) is 0.890. The van der Waals surface area contributed by atoms with Gasteiger partial charge in [0, 0.05) is 25.2 Å². The number of ether oxygens (including phenoxy) is 2. The second-order valence-corrected chi connectivity index (χ2v) is 5.05. The van der Waals surface area contributed by atoms with Gasteiger partial charge in [0.05, 0.1) is 0 Å². The minimum atomic E-state index is 0.0204. The standard InChI is InChI=1S/C14H18N2O3/c1-16(8-11-3-2-6-15-11)14(17)10-4-5-12-13(7-10)19-9-18-12/h4-5,7,11,15H,2-3,6,8-9H2,1H3. The molecular weight excluding hydrogens is 244 g/mol. The Morgan fingerprint density at radius 1 is 1.42 bits per heavy atom. The summed E-state index contributed by atoms with van der Waals surface area (Å²) in [5.74, 6) is 1.38. The normalized spacial score (nSPS) is 20.6. The first kappa shape index (κ1) is 12.3. The van der Waals surface area contributed by atoms with Gasteiger partial charge in [0.15, 0.2) is 11.5 Å². The Labute approximate surface area is 112 Å². The highest BCUT2D eigenvalue weighted by atomic mass is 16.7. The number of carbonyl (C=O) groups excluding carboxylic acids is 1. The molecule has 1 aromatic carbocycles. The van der Waals surface area contributed by atoms with Crippen LogP contribution >= 0.6 is 0 Å². The summed E-state index contributed by atoms with van der Waals surface area (Å²) in [5.41, 5.74) is 0.643. The molecule has 0 aromatic heterocycles. The fourth-order valence-corrected chi connectivity index (χ4v) is 2.58.